The van der Waals surface area contributed by atoms with Gasteiger partial charge in [-0.25, -0.2) is 12.7 Å². The van der Waals surface area contributed by atoms with Crippen LogP contribution in [-0.4, -0.2) is 26.0 Å². The summed E-state index contributed by atoms with van der Waals surface area (Å²) < 4.78 is 25.1. The average Bonchev–Trinajstić information content (AvgIpc) is 2.77. The second kappa shape index (κ2) is 6.74. The standard InChI is InChI=1S/C18H17ClN2O4S/c1-11-9-14(19)5-8-16(11)20-17(22)13-3-6-15(7-4-13)21-18(23)12(2)10-26(21,24)25/h3-9,12H,10H2,1-2H3,(H,20,22)/t12-/m0/s1. The molecule has 0 spiro atoms. The zero-order valence-corrected chi connectivity index (χ0v) is 15.8. The predicted molar refractivity (Wildman–Crippen MR) is 101 cm³/mol. The maximum Gasteiger partial charge on any atom is 0.255 e. The van der Waals surface area contributed by atoms with Crippen LogP contribution in [0.3, 0.4) is 0 Å². The number of rotatable bonds is 3. The molecule has 2 amide bonds. The summed E-state index contributed by atoms with van der Waals surface area (Å²) in [5.41, 5.74) is 2.04. The fourth-order valence-electron chi connectivity index (χ4n) is 2.80. The first kappa shape index (κ1) is 18.4. The number of hydrogen-bond donors (Lipinski definition) is 1. The van der Waals surface area contributed by atoms with Crippen molar-refractivity contribution in [2.24, 2.45) is 5.92 Å². The second-order valence-electron chi connectivity index (χ2n) is 6.24. The van der Waals surface area contributed by atoms with Gasteiger partial charge >= 0.3 is 0 Å². The zero-order chi connectivity index (χ0) is 19.1. The second-order valence-corrected chi connectivity index (χ2v) is 8.54. The molecule has 1 aliphatic heterocycles. The van der Waals surface area contributed by atoms with Crippen LogP contribution in [0.15, 0.2) is 42.5 Å². The van der Waals surface area contributed by atoms with Gasteiger partial charge in [0.25, 0.3) is 5.91 Å². The van der Waals surface area contributed by atoms with Crippen LogP contribution in [0.5, 0.6) is 0 Å². The van der Waals surface area contributed by atoms with E-state index in [0.717, 1.165) is 9.87 Å². The maximum atomic E-state index is 12.4. The summed E-state index contributed by atoms with van der Waals surface area (Å²) in [6.45, 7) is 3.41. The Morgan fingerprint density at radius 3 is 2.38 bits per heavy atom. The molecule has 6 nitrogen and oxygen atoms in total. The minimum Gasteiger partial charge on any atom is -0.322 e. The number of carbonyl (C=O) groups excluding carboxylic acids is 2. The Hall–Kier alpha value is -2.38. The van der Waals surface area contributed by atoms with Gasteiger partial charge < -0.3 is 5.32 Å². The molecule has 136 valence electrons. The Kier molecular flexibility index (Phi) is 4.77. The van der Waals surface area contributed by atoms with Crippen molar-refractivity contribution in [3.63, 3.8) is 0 Å². The fraction of sp³-hybridized carbons (Fsp3) is 0.222. The normalized spacial score (nSPS) is 18.8. The van der Waals surface area contributed by atoms with E-state index in [-0.39, 0.29) is 17.3 Å². The number of sulfonamides is 1. The van der Waals surface area contributed by atoms with Crippen LogP contribution in [0, 0.1) is 12.8 Å². The number of halogens is 1. The van der Waals surface area contributed by atoms with Gasteiger partial charge in [0, 0.05) is 16.3 Å². The average molecular weight is 393 g/mol. The van der Waals surface area contributed by atoms with E-state index < -0.39 is 21.8 Å². The molecule has 1 aliphatic rings. The molecule has 2 aromatic carbocycles. The molecule has 8 heteroatoms. The summed E-state index contributed by atoms with van der Waals surface area (Å²) in [7, 11) is -3.66. The van der Waals surface area contributed by atoms with Crippen LogP contribution in [0.1, 0.15) is 22.8 Å². The van der Waals surface area contributed by atoms with Gasteiger partial charge in [-0.3, -0.25) is 9.59 Å². The Labute approximate surface area is 156 Å². The highest BCUT2D eigenvalue weighted by Crippen LogP contribution is 2.28. The van der Waals surface area contributed by atoms with Gasteiger partial charge in [0.1, 0.15) is 0 Å². The summed E-state index contributed by atoms with van der Waals surface area (Å²) in [6.07, 6.45) is 0. The Morgan fingerprint density at radius 1 is 1.19 bits per heavy atom. The first-order valence-corrected chi connectivity index (χ1v) is 9.92. The number of anilines is 2. The molecule has 3 rings (SSSR count). The van der Waals surface area contributed by atoms with Crippen molar-refractivity contribution in [2.45, 2.75) is 13.8 Å². The summed E-state index contributed by atoms with van der Waals surface area (Å²) in [4.78, 5) is 24.5. The third-order valence-electron chi connectivity index (χ3n) is 4.16. The molecule has 1 N–H and O–H groups in total. The van der Waals surface area contributed by atoms with Gasteiger partial charge in [-0.15, -0.1) is 0 Å². The SMILES string of the molecule is Cc1cc(Cl)ccc1NC(=O)c1ccc(N2C(=O)[C@@H](C)CS2(=O)=O)cc1. The lowest BCUT2D eigenvalue weighted by atomic mass is 10.1. The van der Waals surface area contributed by atoms with E-state index in [0.29, 0.717) is 16.3 Å². The van der Waals surface area contributed by atoms with Crippen molar-refractivity contribution in [1.82, 2.24) is 0 Å². The van der Waals surface area contributed by atoms with Gasteiger partial charge in [-0.2, -0.15) is 0 Å². The third-order valence-corrected chi connectivity index (χ3v) is 6.26. The summed E-state index contributed by atoms with van der Waals surface area (Å²) >= 11 is 5.90. The van der Waals surface area contributed by atoms with Crippen LogP contribution in [-0.2, 0) is 14.8 Å². The van der Waals surface area contributed by atoms with E-state index in [4.69, 9.17) is 11.6 Å². The summed E-state index contributed by atoms with van der Waals surface area (Å²) in [5, 5.41) is 3.36. The van der Waals surface area contributed by atoms with Crippen molar-refractivity contribution in [3.05, 3.63) is 58.6 Å². The molecule has 26 heavy (non-hydrogen) atoms. The molecule has 1 heterocycles. The molecule has 0 aromatic heterocycles. The van der Waals surface area contributed by atoms with Crippen molar-refractivity contribution in [3.8, 4) is 0 Å². The van der Waals surface area contributed by atoms with Gasteiger partial charge in [-0.05, 0) is 55.0 Å². The molecule has 2 aromatic rings. The lowest BCUT2D eigenvalue weighted by Gasteiger charge is -2.15. The molecule has 1 atom stereocenters. The fourth-order valence-corrected chi connectivity index (χ4v) is 4.84. The summed E-state index contributed by atoms with van der Waals surface area (Å²) in [6, 6.07) is 11.0. The maximum absolute atomic E-state index is 12.4. The smallest absolute Gasteiger partial charge is 0.255 e. The van der Waals surface area contributed by atoms with Crippen LogP contribution >= 0.6 is 11.6 Å². The quantitative estimate of drug-likeness (QED) is 0.869. The molecule has 0 unspecified atom stereocenters. The molecule has 1 fully saturated rings. The van der Waals surface area contributed by atoms with Crippen molar-refractivity contribution < 1.29 is 18.0 Å². The molecular weight excluding hydrogens is 376 g/mol. The Morgan fingerprint density at radius 2 is 1.85 bits per heavy atom. The van der Waals surface area contributed by atoms with Crippen LogP contribution in [0.4, 0.5) is 11.4 Å². The predicted octanol–water partition coefficient (Wildman–Crippen LogP) is 3.21. The largest absolute Gasteiger partial charge is 0.322 e. The van der Waals surface area contributed by atoms with E-state index in [2.05, 4.69) is 5.32 Å². The minimum absolute atomic E-state index is 0.204. The highest BCUT2D eigenvalue weighted by Gasteiger charge is 2.41. The van der Waals surface area contributed by atoms with Gasteiger partial charge in [0.15, 0.2) is 0 Å². The molecule has 0 radical (unpaired) electrons. The van der Waals surface area contributed by atoms with E-state index in [1.165, 1.54) is 24.3 Å². The lowest BCUT2D eigenvalue weighted by molar-refractivity contribution is -0.119. The Balaban J connectivity index is 1.81. The number of nitrogens with zero attached hydrogens (tertiary/aromatic N) is 1. The number of hydrogen-bond acceptors (Lipinski definition) is 4. The Bertz CT molecular complexity index is 987. The number of amides is 2. The van der Waals surface area contributed by atoms with E-state index >= 15 is 0 Å². The topological polar surface area (TPSA) is 83.6 Å². The van der Waals surface area contributed by atoms with Crippen molar-refractivity contribution >= 4 is 44.8 Å². The third kappa shape index (κ3) is 3.45. The van der Waals surface area contributed by atoms with Crippen molar-refractivity contribution in [2.75, 3.05) is 15.4 Å². The van der Waals surface area contributed by atoms with E-state index in [1.54, 1.807) is 25.1 Å². The number of benzene rings is 2. The number of carbonyl (C=O) groups is 2. The van der Waals surface area contributed by atoms with Crippen LogP contribution in [0.25, 0.3) is 0 Å². The minimum atomic E-state index is -3.66. The van der Waals surface area contributed by atoms with E-state index in [1.807, 2.05) is 6.92 Å². The van der Waals surface area contributed by atoms with Gasteiger partial charge in [0.05, 0.1) is 17.4 Å². The zero-order valence-electron chi connectivity index (χ0n) is 14.2. The first-order chi connectivity index (χ1) is 12.2. The first-order valence-electron chi connectivity index (χ1n) is 7.93. The van der Waals surface area contributed by atoms with Crippen LogP contribution in [0.2, 0.25) is 5.02 Å². The van der Waals surface area contributed by atoms with Crippen molar-refractivity contribution in [1.29, 1.82) is 0 Å². The lowest BCUT2D eigenvalue weighted by Crippen LogP contribution is -2.30. The summed E-state index contributed by atoms with van der Waals surface area (Å²) in [5.74, 6) is -1.58. The molecule has 0 saturated carbocycles. The molecule has 1 saturated heterocycles. The monoisotopic (exact) mass is 392 g/mol. The number of nitrogens with one attached hydrogen (secondary N) is 1. The highest BCUT2D eigenvalue weighted by molar-refractivity contribution is 7.94. The molecule has 0 bridgehead atoms. The van der Waals surface area contributed by atoms with E-state index in [9.17, 15) is 18.0 Å². The van der Waals surface area contributed by atoms with Gasteiger partial charge in [-0.1, -0.05) is 18.5 Å². The molecular formula is C18H17ClN2O4S. The number of aryl methyl sites for hydroxylation is 1. The molecule has 0 aliphatic carbocycles. The highest BCUT2D eigenvalue weighted by atomic mass is 35.5. The van der Waals surface area contributed by atoms with Crippen LogP contribution < -0.4 is 9.62 Å². The van der Waals surface area contributed by atoms with Gasteiger partial charge in [0.2, 0.25) is 15.9 Å².